The summed E-state index contributed by atoms with van der Waals surface area (Å²) in [6.45, 7) is 1.79. The number of aryl methyl sites for hydroxylation is 1. The number of hydrogen-bond acceptors (Lipinski definition) is 4. The molecule has 0 aliphatic heterocycles. The van der Waals surface area contributed by atoms with Gasteiger partial charge in [0.05, 0.1) is 18.8 Å². The number of anilines is 1. The summed E-state index contributed by atoms with van der Waals surface area (Å²) in [6.07, 6.45) is -0.0958. The molecule has 0 heterocycles. The number of carboxylic acids is 1. The van der Waals surface area contributed by atoms with Crippen molar-refractivity contribution in [2.75, 3.05) is 12.4 Å². The summed E-state index contributed by atoms with van der Waals surface area (Å²) in [6, 6.07) is 2.37. The van der Waals surface area contributed by atoms with Gasteiger partial charge in [-0.05, 0) is 25.0 Å². The molecule has 0 fully saturated rings. The second kappa shape index (κ2) is 7.12. The number of halogens is 1. The lowest BCUT2D eigenvalue weighted by atomic mass is 10.1. The fraction of sp³-hybridized carbons (Fsp3) is 0.385. The molecule has 1 amide bonds. The average molecular weight is 301 g/mol. The maximum absolute atomic E-state index is 11.9. The average Bonchev–Trinajstić information content (AvgIpc) is 2.39. The standard InChI is InChI=1S/C13H17ClN2O4/c1-7-5-10(11(20-2)6-8(7)14)16-13(19)9(15)3-4-12(17)18/h5-6,9H,3-4,15H2,1-2H3,(H,16,19)(H,17,18). The van der Waals surface area contributed by atoms with Crippen molar-refractivity contribution in [3.8, 4) is 5.75 Å². The van der Waals surface area contributed by atoms with Crippen LogP contribution in [0.25, 0.3) is 0 Å². The van der Waals surface area contributed by atoms with Gasteiger partial charge in [0.15, 0.2) is 0 Å². The number of benzene rings is 1. The van der Waals surface area contributed by atoms with Gasteiger partial charge in [-0.25, -0.2) is 0 Å². The van der Waals surface area contributed by atoms with E-state index in [4.69, 9.17) is 27.2 Å². The van der Waals surface area contributed by atoms with Crippen molar-refractivity contribution in [2.45, 2.75) is 25.8 Å². The van der Waals surface area contributed by atoms with E-state index < -0.39 is 17.9 Å². The number of ether oxygens (including phenoxy) is 1. The quantitative estimate of drug-likeness (QED) is 0.743. The Bertz CT molecular complexity index is 519. The molecule has 0 bridgehead atoms. The molecule has 110 valence electrons. The molecule has 6 nitrogen and oxygen atoms in total. The first kappa shape index (κ1) is 16.3. The van der Waals surface area contributed by atoms with E-state index in [9.17, 15) is 9.59 Å². The number of rotatable bonds is 6. The number of nitrogens with one attached hydrogen (secondary N) is 1. The summed E-state index contributed by atoms with van der Waals surface area (Å²) in [4.78, 5) is 22.3. The topological polar surface area (TPSA) is 102 Å². The molecular weight excluding hydrogens is 284 g/mol. The molecule has 7 heteroatoms. The van der Waals surface area contributed by atoms with Crippen LogP contribution in [0.4, 0.5) is 5.69 Å². The van der Waals surface area contributed by atoms with Gasteiger partial charge in [0, 0.05) is 17.5 Å². The number of carbonyl (C=O) groups is 2. The van der Waals surface area contributed by atoms with Crippen molar-refractivity contribution >= 4 is 29.2 Å². The maximum atomic E-state index is 11.9. The van der Waals surface area contributed by atoms with Crippen molar-refractivity contribution in [1.82, 2.24) is 0 Å². The van der Waals surface area contributed by atoms with Crippen LogP contribution in [0.5, 0.6) is 5.75 Å². The number of carbonyl (C=O) groups excluding carboxylic acids is 1. The van der Waals surface area contributed by atoms with E-state index >= 15 is 0 Å². The van der Waals surface area contributed by atoms with E-state index in [2.05, 4.69) is 5.32 Å². The summed E-state index contributed by atoms with van der Waals surface area (Å²) < 4.78 is 5.13. The van der Waals surface area contributed by atoms with Crippen LogP contribution in [0, 0.1) is 6.92 Å². The lowest BCUT2D eigenvalue weighted by Crippen LogP contribution is -2.36. The first-order valence-corrected chi connectivity index (χ1v) is 6.35. The van der Waals surface area contributed by atoms with Crippen molar-refractivity contribution in [3.05, 3.63) is 22.7 Å². The van der Waals surface area contributed by atoms with Crippen molar-refractivity contribution in [3.63, 3.8) is 0 Å². The second-order valence-electron chi connectivity index (χ2n) is 4.33. The predicted octanol–water partition coefficient (Wildman–Crippen LogP) is 1.79. The van der Waals surface area contributed by atoms with E-state index in [1.165, 1.54) is 7.11 Å². The molecule has 1 rings (SSSR count). The smallest absolute Gasteiger partial charge is 0.303 e. The lowest BCUT2D eigenvalue weighted by molar-refractivity contribution is -0.137. The van der Waals surface area contributed by atoms with E-state index in [0.29, 0.717) is 16.5 Å². The lowest BCUT2D eigenvalue weighted by Gasteiger charge is -2.15. The minimum Gasteiger partial charge on any atom is -0.495 e. The van der Waals surface area contributed by atoms with Crippen molar-refractivity contribution in [2.24, 2.45) is 5.73 Å². The number of nitrogens with two attached hydrogens (primary N) is 1. The van der Waals surface area contributed by atoms with Crippen LogP contribution in [0.15, 0.2) is 12.1 Å². The zero-order valence-electron chi connectivity index (χ0n) is 11.3. The molecule has 0 spiro atoms. The van der Waals surface area contributed by atoms with E-state index in [1.54, 1.807) is 19.1 Å². The van der Waals surface area contributed by atoms with Gasteiger partial charge < -0.3 is 20.9 Å². The van der Waals surface area contributed by atoms with Gasteiger partial charge in [-0.15, -0.1) is 0 Å². The van der Waals surface area contributed by atoms with E-state index in [0.717, 1.165) is 5.56 Å². The zero-order chi connectivity index (χ0) is 15.3. The minimum atomic E-state index is -0.992. The Morgan fingerprint density at radius 1 is 1.50 bits per heavy atom. The fourth-order valence-electron chi connectivity index (χ4n) is 1.57. The Labute approximate surface area is 121 Å². The van der Waals surface area contributed by atoms with Gasteiger partial charge in [-0.1, -0.05) is 11.6 Å². The summed E-state index contributed by atoms with van der Waals surface area (Å²) >= 11 is 5.97. The Morgan fingerprint density at radius 3 is 2.70 bits per heavy atom. The van der Waals surface area contributed by atoms with Crippen LogP contribution in [-0.2, 0) is 9.59 Å². The number of aliphatic carboxylic acids is 1. The molecule has 1 atom stereocenters. The SMILES string of the molecule is COc1cc(Cl)c(C)cc1NC(=O)C(N)CCC(=O)O. The highest BCUT2D eigenvalue weighted by atomic mass is 35.5. The molecule has 0 saturated heterocycles. The molecule has 1 aromatic rings. The molecule has 1 unspecified atom stereocenters. The Hall–Kier alpha value is -1.79. The number of methoxy groups -OCH3 is 1. The Balaban J connectivity index is 2.79. The van der Waals surface area contributed by atoms with Gasteiger partial charge in [0.25, 0.3) is 0 Å². The normalized spacial score (nSPS) is 11.8. The minimum absolute atomic E-state index is 0.0655. The van der Waals surface area contributed by atoms with Crippen LogP contribution in [0.2, 0.25) is 5.02 Å². The van der Waals surface area contributed by atoms with Crippen LogP contribution in [0.1, 0.15) is 18.4 Å². The maximum Gasteiger partial charge on any atom is 0.303 e. The van der Waals surface area contributed by atoms with Crippen molar-refractivity contribution in [1.29, 1.82) is 0 Å². The van der Waals surface area contributed by atoms with Gasteiger partial charge >= 0.3 is 5.97 Å². The summed E-state index contributed by atoms with van der Waals surface area (Å²) in [5.41, 5.74) is 6.86. The van der Waals surface area contributed by atoms with Gasteiger partial charge in [-0.2, -0.15) is 0 Å². The van der Waals surface area contributed by atoms with Gasteiger partial charge in [-0.3, -0.25) is 9.59 Å². The summed E-state index contributed by atoms with van der Waals surface area (Å²) in [5.74, 6) is -1.04. The molecule has 4 N–H and O–H groups in total. The van der Waals surface area contributed by atoms with Crippen LogP contribution in [-0.4, -0.2) is 30.1 Å². The molecule has 1 aromatic carbocycles. The fourth-order valence-corrected chi connectivity index (χ4v) is 1.72. The van der Waals surface area contributed by atoms with Crippen LogP contribution < -0.4 is 15.8 Å². The van der Waals surface area contributed by atoms with E-state index in [1.807, 2.05) is 0 Å². The highest BCUT2D eigenvalue weighted by molar-refractivity contribution is 6.31. The monoisotopic (exact) mass is 300 g/mol. The third kappa shape index (κ3) is 4.40. The van der Waals surface area contributed by atoms with E-state index in [-0.39, 0.29) is 12.8 Å². The highest BCUT2D eigenvalue weighted by Gasteiger charge is 2.17. The molecule has 0 aliphatic rings. The number of hydrogen-bond donors (Lipinski definition) is 3. The zero-order valence-corrected chi connectivity index (χ0v) is 12.0. The third-order valence-electron chi connectivity index (χ3n) is 2.74. The number of carboxylic acid groups (broad SMARTS) is 1. The Morgan fingerprint density at radius 2 is 2.15 bits per heavy atom. The van der Waals surface area contributed by atoms with Crippen molar-refractivity contribution < 1.29 is 19.4 Å². The second-order valence-corrected chi connectivity index (χ2v) is 4.74. The molecule has 0 radical (unpaired) electrons. The molecule has 0 saturated carbocycles. The molecule has 0 aliphatic carbocycles. The highest BCUT2D eigenvalue weighted by Crippen LogP contribution is 2.31. The molecule has 0 aromatic heterocycles. The Kier molecular flexibility index (Phi) is 5.79. The first-order chi connectivity index (χ1) is 9.35. The largest absolute Gasteiger partial charge is 0.495 e. The number of amides is 1. The summed E-state index contributed by atoms with van der Waals surface area (Å²) in [7, 11) is 1.46. The summed E-state index contributed by atoms with van der Waals surface area (Å²) in [5, 5.41) is 11.7. The van der Waals surface area contributed by atoms with Crippen LogP contribution >= 0.6 is 11.6 Å². The predicted molar refractivity (Wildman–Crippen MR) is 76.2 cm³/mol. The molecular formula is C13H17ClN2O4. The molecule has 20 heavy (non-hydrogen) atoms. The third-order valence-corrected chi connectivity index (χ3v) is 3.15. The van der Waals surface area contributed by atoms with Gasteiger partial charge in [0.1, 0.15) is 5.75 Å². The first-order valence-electron chi connectivity index (χ1n) is 5.97. The van der Waals surface area contributed by atoms with Crippen LogP contribution in [0.3, 0.4) is 0 Å². The van der Waals surface area contributed by atoms with Gasteiger partial charge in [0.2, 0.25) is 5.91 Å².